The van der Waals surface area contributed by atoms with Crippen LogP contribution >= 0.6 is 0 Å². The lowest BCUT2D eigenvalue weighted by atomic mass is 10.1. The Hall–Kier alpha value is -3.58. The standard InChI is InChI=1S/C24H26N6O/c1-17-5-10-21(31-17)11-12-24(28-22-4-3-13-25-23(22)29-24)26-14-18-6-8-19(9-7-18)20-15-27-30(2)16-20/h3-10,13,15-16,26,28H,11-12,14H2,1-2H3,(H,25,29). The number of nitrogens with one attached hydrogen (secondary N) is 3. The Bertz CT molecular complexity index is 1150. The maximum Gasteiger partial charge on any atom is 0.166 e. The summed E-state index contributed by atoms with van der Waals surface area (Å²) in [6.07, 6.45) is 7.31. The number of aromatic nitrogens is 3. The van der Waals surface area contributed by atoms with E-state index in [0.29, 0.717) is 6.54 Å². The fraction of sp³-hybridized carbons (Fsp3) is 0.250. The van der Waals surface area contributed by atoms with E-state index in [9.17, 15) is 0 Å². The Labute approximate surface area is 181 Å². The second kappa shape index (κ2) is 7.92. The molecule has 1 aliphatic rings. The Morgan fingerprint density at radius 1 is 1.06 bits per heavy atom. The molecule has 1 aromatic carbocycles. The summed E-state index contributed by atoms with van der Waals surface area (Å²) >= 11 is 0. The second-order valence-corrected chi connectivity index (χ2v) is 8.02. The van der Waals surface area contributed by atoms with Crippen LogP contribution in [0.5, 0.6) is 0 Å². The molecule has 5 rings (SSSR count). The van der Waals surface area contributed by atoms with E-state index in [4.69, 9.17) is 4.42 Å². The monoisotopic (exact) mass is 414 g/mol. The van der Waals surface area contributed by atoms with Gasteiger partial charge in [-0.25, -0.2) is 4.98 Å². The average Bonchev–Trinajstić information content (AvgIpc) is 3.49. The van der Waals surface area contributed by atoms with E-state index in [2.05, 4.69) is 50.3 Å². The molecule has 1 atom stereocenters. The number of fused-ring (bicyclic) bond motifs is 1. The number of rotatable bonds is 7. The summed E-state index contributed by atoms with van der Waals surface area (Å²) in [5.41, 5.74) is 4.48. The van der Waals surface area contributed by atoms with Crippen molar-refractivity contribution >= 4 is 11.5 Å². The first-order valence-corrected chi connectivity index (χ1v) is 10.5. The highest BCUT2D eigenvalue weighted by atomic mass is 16.3. The van der Waals surface area contributed by atoms with E-state index in [1.165, 1.54) is 5.56 Å². The molecule has 3 aromatic heterocycles. The molecule has 158 valence electrons. The topological polar surface area (TPSA) is 79.9 Å². The number of pyridine rings is 1. The summed E-state index contributed by atoms with van der Waals surface area (Å²) in [4.78, 5) is 4.47. The number of furan rings is 1. The van der Waals surface area contributed by atoms with Crippen LogP contribution in [0.1, 0.15) is 23.5 Å². The Kier molecular flexibility index (Phi) is 4.95. The van der Waals surface area contributed by atoms with Gasteiger partial charge in [-0.3, -0.25) is 10.00 Å². The van der Waals surface area contributed by atoms with Crippen molar-refractivity contribution in [1.82, 2.24) is 20.1 Å². The van der Waals surface area contributed by atoms with E-state index >= 15 is 0 Å². The average molecular weight is 415 g/mol. The van der Waals surface area contributed by atoms with Gasteiger partial charge in [-0.2, -0.15) is 5.10 Å². The Balaban J connectivity index is 1.30. The molecule has 4 aromatic rings. The maximum atomic E-state index is 5.78. The van der Waals surface area contributed by atoms with Gasteiger partial charge in [0.25, 0.3) is 0 Å². The first-order chi connectivity index (χ1) is 15.1. The molecular formula is C24H26N6O. The molecule has 0 bridgehead atoms. The van der Waals surface area contributed by atoms with Gasteiger partial charge in [0.2, 0.25) is 0 Å². The van der Waals surface area contributed by atoms with Gasteiger partial charge in [0.15, 0.2) is 11.6 Å². The molecule has 0 amide bonds. The fourth-order valence-electron chi connectivity index (χ4n) is 3.94. The van der Waals surface area contributed by atoms with E-state index in [0.717, 1.165) is 47.0 Å². The zero-order valence-corrected chi connectivity index (χ0v) is 17.7. The van der Waals surface area contributed by atoms with E-state index in [-0.39, 0.29) is 0 Å². The van der Waals surface area contributed by atoms with Gasteiger partial charge in [-0.15, -0.1) is 0 Å². The van der Waals surface area contributed by atoms with Crippen molar-refractivity contribution in [2.24, 2.45) is 7.05 Å². The Morgan fingerprint density at radius 2 is 1.94 bits per heavy atom. The minimum atomic E-state index is -0.501. The number of hydrogen-bond donors (Lipinski definition) is 3. The van der Waals surface area contributed by atoms with Crippen molar-refractivity contribution in [1.29, 1.82) is 0 Å². The van der Waals surface area contributed by atoms with Gasteiger partial charge in [0, 0.05) is 44.4 Å². The lowest BCUT2D eigenvalue weighted by molar-refractivity contribution is 0.374. The zero-order chi connectivity index (χ0) is 21.3. The van der Waals surface area contributed by atoms with Crippen molar-refractivity contribution in [3.63, 3.8) is 0 Å². The number of hydrogen-bond acceptors (Lipinski definition) is 6. The SMILES string of the molecule is Cc1ccc(CCC2(NCc3ccc(-c4cnn(C)c4)cc3)Nc3cccnc3N2)o1. The fourth-order valence-corrected chi connectivity index (χ4v) is 3.94. The number of aryl methyl sites for hydroxylation is 3. The van der Waals surface area contributed by atoms with Gasteiger partial charge < -0.3 is 15.1 Å². The van der Waals surface area contributed by atoms with Crippen LogP contribution in [0.3, 0.4) is 0 Å². The number of anilines is 2. The van der Waals surface area contributed by atoms with Gasteiger partial charge in [-0.05, 0) is 42.3 Å². The lowest BCUT2D eigenvalue weighted by Gasteiger charge is -2.32. The second-order valence-electron chi connectivity index (χ2n) is 8.02. The van der Waals surface area contributed by atoms with Crippen LogP contribution in [0.15, 0.2) is 71.5 Å². The predicted octanol–water partition coefficient (Wildman–Crippen LogP) is 4.30. The van der Waals surface area contributed by atoms with Gasteiger partial charge in [0.05, 0.1) is 11.9 Å². The van der Waals surface area contributed by atoms with Crippen molar-refractivity contribution in [2.75, 3.05) is 10.6 Å². The summed E-state index contributed by atoms with van der Waals surface area (Å²) in [7, 11) is 1.93. The molecule has 1 aliphatic heterocycles. The molecule has 3 N–H and O–H groups in total. The summed E-state index contributed by atoms with van der Waals surface area (Å²) < 4.78 is 7.60. The highest BCUT2D eigenvalue weighted by molar-refractivity contribution is 5.72. The van der Waals surface area contributed by atoms with E-state index < -0.39 is 5.79 Å². The molecule has 31 heavy (non-hydrogen) atoms. The summed E-state index contributed by atoms with van der Waals surface area (Å²) in [6, 6.07) is 16.6. The molecule has 1 unspecified atom stereocenters. The molecule has 0 saturated carbocycles. The molecule has 7 nitrogen and oxygen atoms in total. The number of benzene rings is 1. The molecule has 7 heteroatoms. The summed E-state index contributed by atoms with van der Waals surface area (Å²) in [5.74, 6) is 2.27. The molecule has 0 aliphatic carbocycles. The molecule has 0 spiro atoms. The van der Waals surface area contributed by atoms with E-state index in [1.807, 2.05) is 55.3 Å². The van der Waals surface area contributed by atoms with Crippen LogP contribution in [0.2, 0.25) is 0 Å². The van der Waals surface area contributed by atoms with Crippen molar-refractivity contribution in [3.05, 3.63) is 84.2 Å². The molecule has 0 radical (unpaired) electrons. The van der Waals surface area contributed by atoms with Gasteiger partial charge >= 0.3 is 0 Å². The predicted molar refractivity (Wildman–Crippen MR) is 121 cm³/mol. The van der Waals surface area contributed by atoms with Crippen LogP contribution in [0, 0.1) is 6.92 Å². The molecule has 0 saturated heterocycles. The summed E-state index contributed by atoms with van der Waals surface area (Å²) in [6.45, 7) is 2.68. The van der Waals surface area contributed by atoms with Crippen molar-refractivity contribution in [3.8, 4) is 11.1 Å². The zero-order valence-electron chi connectivity index (χ0n) is 17.7. The molecule has 4 heterocycles. The highest BCUT2D eigenvalue weighted by Crippen LogP contribution is 2.33. The normalized spacial score (nSPS) is 17.2. The molecular weight excluding hydrogens is 388 g/mol. The first kappa shape index (κ1) is 19.4. The highest BCUT2D eigenvalue weighted by Gasteiger charge is 2.36. The van der Waals surface area contributed by atoms with Gasteiger partial charge in [0.1, 0.15) is 11.5 Å². The van der Waals surface area contributed by atoms with Crippen LogP contribution in [0.25, 0.3) is 11.1 Å². The first-order valence-electron chi connectivity index (χ1n) is 10.5. The largest absolute Gasteiger partial charge is 0.466 e. The van der Waals surface area contributed by atoms with Crippen LogP contribution in [-0.4, -0.2) is 20.6 Å². The Morgan fingerprint density at radius 3 is 2.65 bits per heavy atom. The third kappa shape index (κ3) is 4.18. The lowest BCUT2D eigenvalue weighted by Crippen LogP contribution is -2.55. The van der Waals surface area contributed by atoms with Crippen LogP contribution < -0.4 is 16.0 Å². The number of nitrogens with zero attached hydrogens (tertiary/aromatic N) is 3. The van der Waals surface area contributed by atoms with E-state index in [1.54, 1.807) is 6.20 Å². The maximum absolute atomic E-state index is 5.78. The smallest absolute Gasteiger partial charge is 0.166 e. The van der Waals surface area contributed by atoms with Crippen molar-refractivity contribution < 1.29 is 4.42 Å². The van der Waals surface area contributed by atoms with Crippen LogP contribution in [0.4, 0.5) is 11.5 Å². The third-order valence-corrected chi connectivity index (χ3v) is 5.62. The van der Waals surface area contributed by atoms with Crippen molar-refractivity contribution in [2.45, 2.75) is 32.1 Å². The minimum absolute atomic E-state index is 0.501. The molecule has 0 fully saturated rings. The minimum Gasteiger partial charge on any atom is -0.466 e. The third-order valence-electron chi connectivity index (χ3n) is 5.62. The quantitative estimate of drug-likeness (QED) is 0.418. The van der Waals surface area contributed by atoms with Gasteiger partial charge in [-0.1, -0.05) is 24.3 Å². The van der Waals surface area contributed by atoms with Crippen LogP contribution in [-0.2, 0) is 20.0 Å². The summed E-state index contributed by atoms with van der Waals surface area (Å²) in [5, 5.41) is 15.1.